The minimum absolute atomic E-state index is 0.422. The Kier molecular flexibility index (Phi) is 4.16. The number of para-hydroxylation sites is 2. The van der Waals surface area contributed by atoms with E-state index >= 15 is 0 Å². The number of hydrogen-bond donors (Lipinski definition) is 0. The maximum absolute atomic E-state index is 6.47. The Hall–Kier alpha value is -3.54. The van der Waals surface area contributed by atoms with Gasteiger partial charge in [-0.15, -0.1) is 0 Å². The van der Waals surface area contributed by atoms with E-state index in [0.717, 1.165) is 60.5 Å². The quantitative estimate of drug-likeness (QED) is 0.252. The van der Waals surface area contributed by atoms with E-state index in [1.807, 2.05) is 36.4 Å². The van der Waals surface area contributed by atoms with Crippen molar-refractivity contribution in [2.24, 2.45) is 0 Å². The third-order valence-electron chi connectivity index (χ3n) is 7.76. The summed E-state index contributed by atoms with van der Waals surface area (Å²) in [5.41, 5.74) is 5.62. The largest absolute Gasteiger partial charge is 0.495 e. The van der Waals surface area contributed by atoms with Crippen LogP contribution in [0.4, 0.5) is 0 Å². The summed E-state index contributed by atoms with van der Waals surface area (Å²) >= 11 is 0. The summed E-state index contributed by atoms with van der Waals surface area (Å²) in [4.78, 5) is 0. The van der Waals surface area contributed by atoms with Crippen LogP contribution in [0.2, 0.25) is 0 Å². The lowest BCUT2D eigenvalue weighted by Crippen LogP contribution is -2.41. The van der Waals surface area contributed by atoms with Crippen molar-refractivity contribution in [3.63, 3.8) is 0 Å². The molecule has 0 aliphatic carbocycles. The molecule has 172 valence electrons. The fourth-order valence-electron chi connectivity index (χ4n) is 5.14. The highest BCUT2D eigenvalue weighted by atomic mass is 16.7. The molecule has 0 atom stereocenters. The highest BCUT2D eigenvalue weighted by Gasteiger charge is 2.52. The molecule has 4 aromatic carbocycles. The normalized spacial score (nSPS) is 17.3. The van der Waals surface area contributed by atoms with Crippen LogP contribution < -0.4 is 5.46 Å². The summed E-state index contributed by atoms with van der Waals surface area (Å²) in [5.74, 6) is 0. The van der Waals surface area contributed by atoms with Gasteiger partial charge in [0.2, 0.25) is 0 Å². The fraction of sp³-hybridized carbons (Fsp3) is 0.200. The first-order valence-corrected chi connectivity index (χ1v) is 12.0. The molecule has 0 saturated carbocycles. The summed E-state index contributed by atoms with van der Waals surface area (Å²) in [6, 6.07) is 26.9. The van der Waals surface area contributed by atoms with E-state index in [0.29, 0.717) is 0 Å². The second-order valence-electron chi connectivity index (χ2n) is 10.4. The molecule has 0 amide bonds. The Morgan fingerprint density at radius 1 is 0.600 bits per heavy atom. The molecule has 0 N–H and O–H groups in total. The molecule has 1 aliphatic heterocycles. The van der Waals surface area contributed by atoms with E-state index < -0.39 is 18.3 Å². The van der Waals surface area contributed by atoms with Crippen molar-refractivity contribution in [1.29, 1.82) is 0 Å². The Labute approximate surface area is 203 Å². The molecule has 0 radical (unpaired) electrons. The molecule has 0 spiro atoms. The zero-order valence-corrected chi connectivity index (χ0v) is 20.2. The highest BCUT2D eigenvalue weighted by molar-refractivity contribution is 6.66. The minimum atomic E-state index is -0.476. The van der Waals surface area contributed by atoms with Gasteiger partial charge in [0.1, 0.15) is 22.3 Å². The van der Waals surface area contributed by atoms with Gasteiger partial charge >= 0.3 is 7.12 Å². The standard InChI is InChI=1S/C30H25BO4/c1-29(2)30(3,4)35-31(34-29)23-16-15-19(28-27(23)22-10-6-8-12-25(22)33-28)18-13-14-21-20-9-5-7-11-24(20)32-26(21)17-18/h5-17H,1-4H3. The van der Waals surface area contributed by atoms with Crippen LogP contribution in [0.5, 0.6) is 0 Å². The maximum atomic E-state index is 6.47. The van der Waals surface area contributed by atoms with Gasteiger partial charge in [0.15, 0.2) is 0 Å². The molecule has 1 saturated heterocycles. The van der Waals surface area contributed by atoms with E-state index in [2.05, 4.69) is 70.2 Å². The first kappa shape index (κ1) is 20.8. The van der Waals surface area contributed by atoms with Crippen LogP contribution in [0, 0.1) is 0 Å². The topological polar surface area (TPSA) is 44.7 Å². The van der Waals surface area contributed by atoms with E-state index in [1.54, 1.807) is 0 Å². The van der Waals surface area contributed by atoms with E-state index in [-0.39, 0.29) is 0 Å². The lowest BCUT2D eigenvalue weighted by Gasteiger charge is -2.32. The zero-order chi connectivity index (χ0) is 23.9. The van der Waals surface area contributed by atoms with Gasteiger partial charge in [-0.25, -0.2) is 0 Å². The molecule has 0 bridgehead atoms. The van der Waals surface area contributed by atoms with Gasteiger partial charge < -0.3 is 18.1 Å². The highest BCUT2D eigenvalue weighted by Crippen LogP contribution is 2.41. The molecule has 1 aliphatic rings. The number of benzene rings is 4. The summed E-state index contributed by atoms with van der Waals surface area (Å²) in [6.45, 7) is 8.31. The summed E-state index contributed by atoms with van der Waals surface area (Å²) in [5, 5.41) is 4.32. The fourth-order valence-corrected chi connectivity index (χ4v) is 5.14. The van der Waals surface area contributed by atoms with Crippen molar-refractivity contribution in [2.75, 3.05) is 0 Å². The van der Waals surface area contributed by atoms with Crippen LogP contribution in [0.1, 0.15) is 27.7 Å². The van der Waals surface area contributed by atoms with E-state index in [4.69, 9.17) is 18.1 Å². The Balaban J connectivity index is 1.46. The van der Waals surface area contributed by atoms with Crippen LogP contribution in [0.3, 0.4) is 0 Å². The number of rotatable bonds is 2. The minimum Gasteiger partial charge on any atom is -0.456 e. The van der Waals surface area contributed by atoms with Crippen LogP contribution in [-0.4, -0.2) is 18.3 Å². The lowest BCUT2D eigenvalue weighted by atomic mass is 9.75. The van der Waals surface area contributed by atoms with Crippen molar-refractivity contribution in [3.05, 3.63) is 78.9 Å². The first-order chi connectivity index (χ1) is 16.8. The third-order valence-corrected chi connectivity index (χ3v) is 7.76. The Morgan fingerprint density at radius 3 is 1.97 bits per heavy atom. The predicted molar refractivity (Wildman–Crippen MR) is 142 cm³/mol. The van der Waals surface area contributed by atoms with Gasteiger partial charge in [0.05, 0.1) is 11.2 Å². The average molecular weight is 460 g/mol. The molecule has 5 heteroatoms. The Bertz CT molecular complexity index is 1760. The lowest BCUT2D eigenvalue weighted by molar-refractivity contribution is 0.00578. The van der Waals surface area contributed by atoms with Crippen molar-refractivity contribution in [2.45, 2.75) is 38.9 Å². The number of fused-ring (bicyclic) bond motifs is 6. The molecule has 6 aromatic rings. The van der Waals surface area contributed by atoms with Crippen LogP contribution in [0.25, 0.3) is 55.0 Å². The summed E-state index contributed by atoms with van der Waals surface area (Å²) in [6.07, 6.45) is 0. The molecule has 3 heterocycles. The molecule has 35 heavy (non-hydrogen) atoms. The Morgan fingerprint density at radius 2 is 1.23 bits per heavy atom. The molecular formula is C30H25BO4. The molecular weight excluding hydrogens is 435 g/mol. The first-order valence-electron chi connectivity index (χ1n) is 12.0. The van der Waals surface area contributed by atoms with Crippen LogP contribution in [0.15, 0.2) is 87.7 Å². The van der Waals surface area contributed by atoms with Crippen molar-refractivity contribution < 1.29 is 18.1 Å². The third kappa shape index (κ3) is 2.95. The second-order valence-corrected chi connectivity index (χ2v) is 10.4. The number of hydrogen-bond acceptors (Lipinski definition) is 4. The second kappa shape index (κ2) is 7.00. The van der Waals surface area contributed by atoms with E-state index in [1.165, 1.54) is 0 Å². The molecule has 1 fully saturated rings. The van der Waals surface area contributed by atoms with Gasteiger partial charge in [-0.1, -0.05) is 54.6 Å². The van der Waals surface area contributed by atoms with Gasteiger partial charge in [-0.3, -0.25) is 0 Å². The predicted octanol–water partition coefficient (Wildman–Crippen LogP) is 7.45. The summed E-state index contributed by atoms with van der Waals surface area (Å²) in [7, 11) is -0.476. The van der Waals surface area contributed by atoms with E-state index in [9.17, 15) is 0 Å². The average Bonchev–Trinajstić information content (AvgIpc) is 3.47. The SMILES string of the molecule is CC1(C)OB(c2ccc(-c3ccc4c(c3)oc3ccccc34)c3oc4ccccc4c23)OC1(C)C. The van der Waals surface area contributed by atoms with Crippen LogP contribution in [-0.2, 0) is 9.31 Å². The van der Waals surface area contributed by atoms with Crippen molar-refractivity contribution in [3.8, 4) is 11.1 Å². The molecule has 2 aromatic heterocycles. The van der Waals surface area contributed by atoms with Gasteiger partial charge in [0.25, 0.3) is 0 Å². The van der Waals surface area contributed by atoms with Crippen molar-refractivity contribution in [1.82, 2.24) is 0 Å². The monoisotopic (exact) mass is 460 g/mol. The molecule has 7 rings (SSSR count). The van der Waals surface area contributed by atoms with Crippen LogP contribution >= 0.6 is 0 Å². The number of furan rings is 2. The summed E-state index contributed by atoms with van der Waals surface area (Å²) < 4.78 is 25.5. The van der Waals surface area contributed by atoms with Gasteiger partial charge in [-0.2, -0.15) is 0 Å². The van der Waals surface area contributed by atoms with Gasteiger partial charge in [0, 0.05) is 27.1 Å². The molecule has 4 nitrogen and oxygen atoms in total. The molecule has 0 unspecified atom stereocenters. The smallest absolute Gasteiger partial charge is 0.456 e. The van der Waals surface area contributed by atoms with Gasteiger partial charge in [-0.05, 0) is 63.0 Å². The zero-order valence-electron chi connectivity index (χ0n) is 20.2. The maximum Gasteiger partial charge on any atom is 0.495 e. The van der Waals surface area contributed by atoms with Crippen molar-refractivity contribution >= 4 is 56.5 Å².